The number of aromatic nitrogens is 1. The molecule has 0 aliphatic heterocycles. The molecule has 3 heterocycles. The van der Waals surface area contributed by atoms with Crippen LogP contribution in [0.5, 0.6) is 0 Å². The molecule has 0 saturated heterocycles. The maximum absolute atomic E-state index is 6.75. The van der Waals surface area contributed by atoms with Crippen LogP contribution in [0, 0.1) is 0 Å². The van der Waals surface area contributed by atoms with Crippen LogP contribution < -0.4 is 4.90 Å². The van der Waals surface area contributed by atoms with Crippen molar-refractivity contribution in [3.05, 3.63) is 170 Å². The van der Waals surface area contributed by atoms with Gasteiger partial charge in [-0.1, -0.05) is 115 Å². The summed E-state index contributed by atoms with van der Waals surface area (Å²) in [5.41, 5.74) is 8.46. The van der Waals surface area contributed by atoms with Gasteiger partial charge in [0.05, 0.1) is 27.1 Å². The minimum absolute atomic E-state index is 0.875. The third-order valence-electron chi connectivity index (χ3n) is 10.1. The summed E-state index contributed by atoms with van der Waals surface area (Å²) in [6.45, 7) is 0. The number of anilines is 3. The molecule has 0 N–H and O–H groups in total. The Morgan fingerprint density at radius 3 is 2.08 bits per heavy atom. The molecule has 3 aromatic heterocycles. The highest BCUT2D eigenvalue weighted by Crippen LogP contribution is 2.50. The fourth-order valence-electron chi connectivity index (χ4n) is 7.99. The van der Waals surface area contributed by atoms with Gasteiger partial charge in [0.2, 0.25) is 0 Å². The minimum atomic E-state index is 0.875. The maximum Gasteiger partial charge on any atom is 0.159 e. The van der Waals surface area contributed by atoms with E-state index in [2.05, 4.69) is 173 Å². The molecular weight excluding hydrogens is 629 g/mol. The van der Waals surface area contributed by atoms with Gasteiger partial charge in [0.15, 0.2) is 5.58 Å². The molecule has 8 aromatic carbocycles. The van der Waals surface area contributed by atoms with Crippen molar-refractivity contribution in [1.82, 2.24) is 4.57 Å². The zero-order valence-electron chi connectivity index (χ0n) is 26.9. The van der Waals surface area contributed by atoms with Crippen LogP contribution in [0.1, 0.15) is 0 Å². The number of rotatable bonds is 4. The zero-order chi connectivity index (χ0) is 32.8. The van der Waals surface area contributed by atoms with Crippen molar-refractivity contribution in [1.29, 1.82) is 0 Å². The Kier molecular flexibility index (Phi) is 5.83. The highest BCUT2D eigenvalue weighted by Gasteiger charge is 2.25. The second kappa shape index (κ2) is 10.6. The number of benzene rings is 8. The number of nitrogens with zero attached hydrogens (tertiary/aromatic N) is 2. The normalized spacial score (nSPS) is 12.0. The molecule has 0 atom stereocenters. The largest absolute Gasteiger partial charge is 0.454 e. The Bertz CT molecular complexity index is 3110. The van der Waals surface area contributed by atoms with Gasteiger partial charge < -0.3 is 13.9 Å². The summed E-state index contributed by atoms with van der Waals surface area (Å²) >= 11 is 1.86. The van der Waals surface area contributed by atoms with Crippen LogP contribution in [-0.4, -0.2) is 4.57 Å². The number of fused-ring (bicyclic) bond motifs is 11. The van der Waals surface area contributed by atoms with Crippen molar-refractivity contribution in [3.8, 4) is 5.69 Å². The topological polar surface area (TPSA) is 21.3 Å². The van der Waals surface area contributed by atoms with Crippen LogP contribution in [0.4, 0.5) is 17.1 Å². The third-order valence-corrected chi connectivity index (χ3v) is 11.3. The van der Waals surface area contributed by atoms with Crippen LogP contribution in [0.2, 0.25) is 0 Å². The van der Waals surface area contributed by atoms with Gasteiger partial charge in [0, 0.05) is 48.4 Å². The van der Waals surface area contributed by atoms with E-state index < -0.39 is 0 Å². The van der Waals surface area contributed by atoms with Gasteiger partial charge in [-0.3, -0.25) is 0 Å². The molecule has 234 valence electrons. The average Bonchev–Trinajstić information content (AvgIpc) is 3.86. The van der Waals surface area contributed by atoms with E-state index in [0.717, 1.165) is 50.2 Å². The van der Waals surface area contributed by atoms with Crippen LogP contribution in [0.25, 0.3) is 80.4 Å². The third kappa shape index (κ3) is 3.91. The highest BCUT2D eigenvalue weighted by atomic mass is 32.1. The molecule has 0 spiro atoms. The van der Waals surface area contributed by atoms with E-state index in [1.54, 1.807) is 0 Å². The van der Waals surface area contributed by atoms with Gasteiger partial charge in [0.25, 0.3) is 0 Å². The summed E-state index contributed by atoms with van der Waals surface area (Å²) in [6.07, 6.45) is 0. The van der Waals surface area contributed by atoms with Gasteiger partial charge in [-0.2, -0.15) is 0 Å². The molecule has 0 aliphatic carbocycles. The molecule has 0 amide bonds. The van der Waals surface area contributed by atoms with Crippen LogP contribution in [0.15, 0.2) is 174 Å². The van der Waals surface area contributed by atoms with Gasteiger partial charge in [-0.05, 0) is 65.4 Å². The predicted octanol–water partition coefficient (Wildman–Crippen LogP) is 13.7. The smallest absolute Gasteiger partial charge is 0.159 e. The van der Waals surface area contributed by atoms with E-state index in [0.29, 0.717) is 0 Å². The number of thiophene rings is 1. The van der Waals surface area contributed by atoms with Crippen molar-refractivity contribution >= 4 is 103 Å². The van der Waals surface area contributed by atoms with E-state index in [4.69, 9.17) is 4.42 Å². The second-order valence-electron chi connectivity index (χ2n) is 12.9. The Hall–Kier alpha value is -6.36. The van der Waals surface area contributed by atoms with E-state index in [9.17, 15) is 0 Å². The number of hydrogen-bond acceptors (Lipinski definition) is 3. The summed E-state index contributed by atoms with van der Waals surface area (Å²) < 4.78 is 11.7. The summed E-state index contributed by atoms with van der Waals surface area (Å²) in [7, 11) is 0. The molecule has 4 heteroatoms. The van der Waals surface area contributed by atoms with Gasteiger partial charge >= 0.3 is 0 Å². The second-order valence-corrected chi connectivity index (χ2v) is 13.9. The average molecular weight is 657 g/mol. The van der Waals surface area contributed by atoms with E-state index >= 15 is 0 Å². The van der Waals surface area contributed by atoms with Crippen molar-refractivity contribution < 1.29 is 4.42 Å². The summed E-state index contributed by atoms with van der Waals surface area (Å²) in [4.78, 5) is 2.43. The van der Waals surface area contributed by atoms with Gasteiger partial charge in [-0.25, -0.2) is 0 Å². The first-order chi connectivity index (χ1) is 24.8. The fraction of sp³-hybridized carbons (Fsp3) is 0. The lowest BCUT2D eigenvalue weighted by Crippen LogP contribution is -2.11. The first-order valence-corrected chi connectivity index (χ1v) is 17.8. The van der Waals surface area contributed by atoms with Crippen molar-refractivity contribution in [2.75, 3.05) is 4.90 Å². The van der Waals surface area contributed by atoms with E-state index in [1.165, 1.54) is 47.2 Å². The quantitative estimate of drug-likeness (QED) is 0.188. The monoisotopic (exact) mass is 656 g/mol. The molecule has 0 radical (unpaired) electrons. The van der Waals surface area contributed by atoms with Crippen molar-refractivity contribution in [3.63, 3.8) is 0 Å². The van der Waals surface area contributed by atoms with Crippen molar-refractivity contribution in [2.24, 2.45) is 0 Å². The summed E-state index contributed by atoms with van der Waals surface area (Å²) in [6, 6.07) is 61.2. The standard InChI is InChI=1S/C46H28N2OS/c1-2-14-30(15-3-1)47-38-21-9-6-17-33(38)34-26-25-31(28-40(34)47)48(39-22-12-20-36-35-18-7-10-23-42(35)49-45(36)39)41-27-29-13-4-5-16-32(29)44-37-19-8-11-24-43(37)50-46(41)44/h1-28H. The van der Waals surface area contributed by atoms with Crippen LogP contribution in [-0.2, 0) is 0 Å². The molecule has 0 bridgehead atoms. The number of furan rings is 1. The van der Waals surface area contributed by atoms with Gasteiger partial charge in [0.1, 0.15) is 5.58 Å². The Morgan fingerprint density at radius 1 is 0.480 bits per heavy atom. The van der Waals surface area contributed by atoms with E-state index in [-0.39, 0.29) is 0 Å². The molecule has 11 rings (SSSR count). The lowest BCUT2D eigenvalue weighted by Gasteiger charge is -2.27. The van der Waals surface area contributed by atoms with Crippen LogP contribution >= 0.6 is 11.3 Å². The molecule has 11 aromatic rings. The molecule has 0 aliphatic rings. The van der Waals surface area contributed by atoms with Gasteiger partial charge in [-0.15, -0.1) is 11.3 Å². The molecule has 50 heavy (non-hydrogen) atoms. The molecule has 0 fully saturated rings. The fourth-order valence-corrected chi connectivity index (χ4v) is 9.22. The Morgan fingerprint density at radius 2 is 1.18 bits per heavy atom. The maximum atomic E-state index is 6.75. The Labute approximate surface area is 291 Å². The van der Waals surface area contributed by atoms with Crippen molar-refractivity contribution in [2.45, 2.75) is 0 Å². The predicted molar refractivity (Wildman–Crippen MR) is 213 cm³/mol. The molecule has 3 nitrogen and oxygen atoms in total. The minimum Gasteiger partial charge on any atom is -0.454 e. The number of hydrogen-bond donors (Lipinski definition) is 0. The SMILES string of the molecule is c1ccc(-n2c3ccccc3c3ccc(N(c4cccc5c4oc4ccccc45)c4cc5ccccc5c5c4sc4ccccc45)cc32)cc1. The van der Waals surface area contributed by atoms with E-state index in [1.807, 2.05) is 17.4 Å². The molecule has 0 unspecified atom stereocenters. The molecular formula is C46H28N2OS. The zero-order valence-corrected chi connectivity index (χ0v) is 27.7. The first-order valence-electron chi connectivity index (χ1n) is 16.9. The number of para-hydroxylation sites is 4. The lowest BCUT2D eigenvalue weighted by atomic mass is 10.0. The summed E-state index contributed by atoms with van der Waals surface area (Å²) in [5.74, 6) is 0. The highest BCUT2D eigenvalue weighted by molar-refractivity contribution is 7.26. The van der Waals surface area contributed by atoms with Crippen LogP contribution in [0.3, 0.4) is 0 Å². The lowest BCUT2D eigenvalue weighted by molar-refractivity contribution is 0.669. The molecule has 0 saturated carbocycles. The Balaban J connectivity index is 1.29. The summed E-state index contributed by atoms with van der Waals surface area (Å²) in [5, 5.41) is 9.74. The first kappa shape index (κ1) is 27.6.